The Labute approximate surface area is 195 Å². The number of nitrogens with one attached hydrogen (secondary N) is 1. The summed E-state index contributed by atoms with van der Waals surface area (Å²) in [5.41, 5.74) is 1.04. The molecule has 4 rings (SSSR count). The molecule has 1 fully saturated rings. The van der Waals surface area contributed by atoms with Gasteiger partial charge >= 0.3 is 0 Å². The molecule has 2 atom stereocenters. The molecule has 6 heteroatoms. The maximum absolute atomic E-state index is 13.1. The van der Waals surface area contributed by atoms with Gasteiger partial charge in [-0.3, -0.25) is 14.2 Å². The van der Waals surface area contributed by atoms with E-state index in [0.29, 0.717) is 34.3 Å². The number of methoxy groups -OCH3 is 1. The zero-order chi connectivity index (χ0) is 23.4. The number of fused-ring (bicyclic) bond motifs is 1. The molecular formula is C27H33N3O3. The Morgan fingerprint density at radius 3 is 2.36 bits per heavy atom. The first kappa shape index (κ1) is 23.1. The van der Waals surface area contributed by atoms with Gasteiger partial charge in [0, 0.05) is 42.3 Å². The Hall–Kier alpha value is -3.12. The van der Waals surface area contributed by atoms with Gasteiger partial charge in [0.2, 0.25) is 0 Å². The summed E-state index contributed by atoms with van der Waals surface area (Å²) < 4.78 is 6.76. The molecule has 1 N–H and O–H groups in total. The van der Waals surface area contributed by atoms with Crippen molar-refractivity contribution < 1.29 is 9.53 Å². The van der Waals surface area contributed by atoms with Crippen LogP contribution >= 0.6 is 0 Å². The second kappa shape index (κ2) is 10.2. The first-order chi connectivity index (χ1) is 16.0. The number of carbonyl (C=O) groups is 1. The maximum Gasteiger partial charge on any atom is 0.262 e. The molecule has 1 aromatic heterocycles. The van der Waals surface area contributed by atoms with Crippen molar-refractivity contribution in [3.8, 4) is 11.4 Å². The summed E-state index contributed by atoms with van der Waals surface area (Å²) in [5, 5.41) is 4.26. The van der Waals surface area contributed by atoms with Crippen LogP contribution in [0.25, 0.3) is 16.5 Å². The average Bonchev–Trinajstić information content (AvgIpc) is 2.82. The van der Waals surface area contributed by atoms with Crippen LogP contribution in [0.1, 0.15) is 37.0 Å². The minimum atomic E-state index is -0.158. The number of amides is 1. The van der Waals surface area contributed by atoms with Crippen molar-refractivity contribution in [2.24, 2.45) is 11.8 Å². The van der Waals surface area contributed by atoms with Gasteiger partial charge in [-0.05, 0) is 61.6 Å². The van der Waals surface area contributed by atoms with Gasteiger partial charge in [0.1, 0.15) is 5.75 Å². The van der Waals surface area contributed by atoms with Crippen molar-refractivity contribution in [2.75, 3.05) is 33.3 Å². The average molecular weight is 448 g/mol. The van der Waals surface area contributed by atoms with Crippen molar-refractivity contribution in [3.63, 3.8) is 0 Å². The molecule has 3 aromatic rings. The van der Waals surface area contributed by atoms with Crippen LogP contribution in [-0.4, -0.2) is 48.7 Å². The van der Waals surface area contributed by atoms with E-state index in [1.54, 1.807) is 31.5 Å². The van der Waals surface area contributed by atoms with Crippen LogP contribution in [0.2, 0.25) is 0 Å². The number of benzene rings is 2. The van der Waals surface area contributed by atoms with Crippen LogP contribution in [0.4, 0.5) is 0 Å². The minimum Gasteiger partial charge on any atom is -0.497 e. The first-order valence-electron chi connectivity index (χ1n) is 11.8. The second-order valence-electron chi connectivity index (χ2n) is 9.28. The van der Waals surface area contributed by atoms with Crippen molar-refractivity contribution in [3.05, 3.63) is 70.6 Å². The molecule has 33 heavy (non-hydrogen) atoms. The third-order valence-corrected chi connectivity index (χ3v) is 6.40. The highest BCUT2D eigenvalue weighted by molar-refractivity contribution is 6.06. The summed E-state index contributed by atoms with van der Waals surface area (Å²) in [7, 11) is 1.60. The second-order valence-corrected chi connectivity index (χ2v) is 9.28. The summed E-state index contributed by atoms with van der Waals surface area (Å²) in [4.78, 5) is 28.8. The number of carbonyl (C=O) groups excluding carboxylic acids is 1. The lowest BCUT2D eigenvalue weighted by atomic mass is 9.92. The highest BCUT2D eigenvalue weighted by Gasteiger charge is 2.21. The van der Waals surface area contributed by atoms with E-state index >= 15 is 0 Å². The molecule has 6 nitrogen and oxygen atoms in total. The largest absolute Gasteiger partial charge is 0.497 e. The molecule has 0 spiro atoms. The lowest BCUT2D eigenvalue weighted by Crippen LogP contribution is -2.40. The van der Waals surface area contributed by atoms with Gasteiger partial charge < -0.3 is 15.0 Å². The number of piperidine rings is 1. The zero-order valence-corrected chi connectivity index (χ0v) is 19.7. The maximum atomic E-state index is 13.1. The van der Waals surface area contributed by atoms with Gasteiger partial charge in [0.25, 0.3) is 11.5 Å². The summed E-state index contributed by atoms with van der Waals surface area (Å²) >= 11 is 0. The Balaban J connectivity index is 1.52. The number of likely N-dealkylation sites (tertiary alicyclic amines) is 1. The summed E-state index contributed by atoms with van der Waals surface area (Å²) in [5.74, 6) is 2.01. The molecule has 2 aromatic carbocycles. The van der Waals surface area contributed by atoms with E-state index in [1.165, 1.54) is 11.0 Å². The molecule has 174 valence electrons. The highest BCUT2D eigenvalue weighted by atomic mass is 16.5. The monoisotopic (exact) mass is 447 g/mol. The summed E-state index contributed by atoms with van der Waals surface area (Å²) in [6.45, 7) is 8.49. The van der Waals surface area contributed by atoms with Crippen molar-refractivity contribution in [1.82, 2.24) is 14.8 Å². The van der Waals surface area contributed by atoms with E-state index in [9.17, 15) is 9.59 Å². The third kappa shape index (κ3) is 5.28. The van der Waals surface area contributed by atoms with E-state index in [1.807, 2.05) is 30.3 Å². The van der Waals surface area contributed by atoms with Gasteiger partial charge in [-0.25, -0.2) is 0 Å². The standard InChI is InChI=1S/C27H33N3O3/c1-19-15-20(2)17-29(16-19)14-6-13-28-26(31)25-18-30(21-9-11-22(33-3)12-10-21)27(32)24-8-5-4-7-23(24)25/h4-5,7-12,18-20H,6,13-17H2,1-3H3,(H,28,31)/t19-,20-/m0/s1. The molecule has 1 aliphatic heterocycles. The van der Waals surface area contributed by atoms with E-state index < -0.39 is 0 Å². The molecule has 1 aliphatic rings. The summed E-state index contributed by atoms with van der Waals surface area (Å²) in [6.07, 6.45) is 3.85. The van der Waals surface area contributed by atoms with Crippen LogP contribution < -0.4 is 15.6 Å². The van der Waals surface area contributed by atoms with Crippen LogP contribution in [0.3, 0.4) is 0 Å². The van der Waals surface area contributed by atoms with Gasteiger partial charge in [-0.15, -0.1) is 0 Å². The van der Waals surface area contributed by atoms with E-state index in [4.69, 9.17) is 4.74 Å². The van der Waals surface area contributed by atoms with Gasteiger partial charge in [0.05, 0.1) is 12.7 Å². The Kier molecular flexibility index (Phi) is 7.14. The molecule has 0 aliphatic carbocycles. The predicted molar refractivity (Wildman–Crippen MR) is 132 cm³/mol. The van der Waals surface area contributed by atoms with Crippen LogP contribution in [0, 0.1) is 11.8 Å². The topological polar surface area (TPSA) is 63.6 Å². The molecule has 2 heterocycles. The van der Waals surface area contributed by atoms with Crippen molar-refractivity contribution in [2.45, 2.75) is 26.7 Å². The fourth-order valence-electron chi connectivity index (χ4n) is 4.98. The van der Waals surface area contributed by atoms with Gasteiger partial charge in [-0.1, -0.05) is 32.0 Å². The lowest BCUT2D eigenvalue weighted by molar-refractivity contribution is 0.0948. The van der Waals surface area contributed by atoms with E-state index in [2.05, 4.69) is 24.1 Å². The number of aromatic nitrogens is 1. The quantitative estimate of drug-likeness (QED) is 0.554. The molecule has 0 bridgehead atoms. The van der Waals surface area contributed by atoms with Gasteiger partial charge in [0.15, 0.2) is 0 Å². The van der Waals surface area contributed by atoms with E-state index in [0.717, 1.165) is 37.9 Å². The molecule has 0 radical (unpaired) electrons. The van der Waals surface area contributed by atoms with Crippen molar-refractivity contribution >= 4 is 16.7 Å². The van der Waals surface area contributed by atoms with E-state index in [-0.39, 0.29) is 11.5 Å². The SMILES string of the molecule is COc1ccc(-n2cc(C(=O)NCCCN3C[C@@H](C)C[C@H](C)C3)c3ccccc3c2=O)cc1. The highest BCUT2D eigenvalue weighted by Crippen LogP contribution is 2.21. The predicted octanol–water partition coefficient (Wildman–Crippen LogP) is 4.10. The zero-order valence-electron chi connectivity index (χ0n) is 19.7. The van der Waals surface area contributed by atoms with Crippen molar-refractivity contribution in [1.29, 1.82) is 0 Å². The normalized spacial score (nSPS) is 18.9. The van der Waals surface area contributed by atoms with Crippen LogP contribution in [-0.2, 0) is 0 Å². The third-order valence-electron chi connectivity index (χ3n) is 6.40. The minimum absolute atomic E-state index is 0.152. The number of nitrogens with zero attached hydrogens (tertiary/aromatic N) is 2. The molecule has 0 saturated carbocycles. The molecule has 1 amide bonds. The Morgan fingerprint density at radius 1 is 1.03 bits per heavy atom. The molecule has 0 unspecified atom stereocenters. The smallest absolute Gasteiger partial charge is 0.262 e. The molecular weight excluding hydrogens is 414 g/mol. The van der Waals surface area contributed by atoms with Gasteiger partial charge in [-0.2, -0.15) is 0 Å². The number of hydrogen-bond acceptors (Lipinski definition) is 4. The Bertz CT molecular complexity index is 1160. The fraction of sp³-hybridized carbons (Fsp3) is 0.407. The van der Waals surface area contributed by atoms with Crippen LogP contribution in [0.15, 0.2) is 59.5 Å². The Morgan fingerprint density at radius 2 is 1.70 bits per heavy atom. The number of rotatable bonds is 7. The number of hydrogen-bond donors (Lipinski definition) is 1. The molecule has 1 saturated heterocycles. The summed E-state index contributed by atoms with van der Waals surface area (Å²) in [6, 6.07) is 14.5. The first-order valence-corrected chi connectivity index (χ1v) is 11.8. The van der Waals surface area contributed by atoms with Crippen LogP contribution in [0.5, 0.6) is 5.75 Å². The number of ether oxygens (including phenoxy) is 1. The fourth-order valence-corrected chi connectivity index (χ4v) is 4.98. The lowest BCUT2D eigenvalue weighted by Gasteiger charge is -2.34. The number of pyridine rings is 1.